The van der Waals surface area contributed by atoms with Gasteiger partial charge in [-0.3, -0.25) is 0 Å². The normalized spacial score (nSPS) is 13.4. The second-order valence-electron chi connectivity index (χ2n) is 5.64. The van der Waals surface area contributed by atoms with E-state index in [-0.39, 0.29) is 11.1 Å². The molecule has 83 valence electrons. The van der Waals surface area contributed by atoms with E-state index in [0.29, 0.717) is 0 Å². The summed E-state index contributed by atoms with van der Waals surface area (Å²) in [7, 11) is 6.06. The second kappa shape index (κ2) is 5.80. The minimum atomic E-state index is -0.721. The van der Waals surface area contributed by atoms with Gasteiger partial charge in [0, 0.05) is 0 Å². The molecular formula is C10H23ClGaN2. The van der Waals surface area contributed by atoms with Gasteiger partial charge in [-0.1, -0.05) is 0 Å². The van der Waals surface area contributed by atoms with Crippen molar-refractivity contribution < 1.29 is 0 Å². The standard InChI is InChI=1S/C10H23N2.ClH.Ga/c1-9(2,3)11-7-8-12-10(4,5)6;;/h11H,7-8H2,1-6H3;1H;/q-1;;+2/p-1. The summed E-state index contributed by atoms with van der Waals surface area (Å²) in [6, 6.07) is 0. The van der Waals surface area contributed by atoms with Gasteiger partial charge in [0.25, 0.3) is 0 Å². The molecule has 1 N–H and O–H groups in total. The summed E-state index contributed by atoms with van der Waals surface area (Å²) in [6.45, 7) is 15.3. The first kappa shape index (κ1) is 14.8. The van der Waals surface area contributed by atoms with Crippen molar-refractivity contribution in [3.05, 3.63) is 0 Å². The summed E-state index contributed by atoms with van der Waals surface area (Å²) in [5, 5.41) is 3.48. The fourth-order valence-corrected chi connectivity index (χ4v) is 4.20. The monoisotopic (exact) mass is 275 g/mol. The van der Waals surface area contributed by atoms with Crippen molar-refractivity contribution in [2.24, 2.45) is 0 Å². The molecule has 0 aliphatic rings. The Morgan fingerprint density at radius 1 is 1.14 bits per heavy atom. The molecule has 0 atom stereocenters. The van der Waals surface area contributed by atoms with Crippen LogP contribution >= 0.6 is 9.64 Å². The van der Waals surface area contributed by atoms with E-state index < -0.39 is 16.6 Å². The molecule has 0 rings (SSSR count). The summed E-state index contributed by atoms with van der Waals surface area (Å²) in [6.07, 6.45) is 0. The molecule has 0 aromatic rings. The Labute approximate surface area is 101 Å². The molecule has 0 aliphatic carbocycles. The first-order valence-electron chi connectivity index (χ1n) is 5.12. The average molecular weight is 276 g/mol. The van der Waals surface area contributed by atoms with Crippen molar-refractivity contribution in [1.82, 2.24) is 8.92 Å². The molecule has 0 unspecified atom stereocenters. The van der Waals surface area contributed by atoms with Crippen LogP contribution in [0.2, 0.25) is 0 Å². The van der Waals surface area contributed by atoms with E-state index in [1.54, 1.807) is 0 Å². The minimum absolute atomic E-state index is 0.208. The Kier molecular flexibility index (Phi) is 6.15. The molecule has 14 heavy (non-hydrogen) atoms. The fraction of sp³-hybridized carbons (Fsp3) is 1.00. The Hall–Kier alpha value is 0.846. The molecule has 0 aromatic heterocycles. The van der Waals surface area contributed by atoms with E-state index in [1.165, 1.54) is 0 Å². The molecule has 0 aromatic carbocycles. The SMILES string of the molecule is CC(C)(C)NCC[N]([Ga][Cl])C(C)(C)C. The molecule has 0 fully saturated rings. The van der Waals surface area contributed by atoms with Crippen LogP contribution in [0.25, 0.3) is 0 Å². The molecule has 0 amide bonds. The average Bonchev–Trinajstić information content (AvgIpc) is 1.93. The van der Waals surface area contributed by atoms with Crippen LogP contribution in [0.4, 0.5) is 0 Å². The van der Waals surface area contributed by atoms with Gasteiger partial charge in [0.1, 0.15) is 0 Å². The molecule has 0 saturated carbocycles. The van der Waals surface area contributed by atoms with Gasteiger partial charge < -0.3 is 0 Å². The van der Waals surface area contributed by atoms with Gasteiger partial charge in [-0.05, 0) is 0 Å². The molecule has 0 bridgehead atoms. The predicted molar refractivity (Wildman–Crippen MR) is 65.8 cm³/mol. The zero-order valence-corrected chi connectivity index (χ0v) is 13.5. The van der Waals surface area contributed by atoms with E-state index in [4.69, 9.17) is 9.64 Å². The van der Waals surface area contributed by atoms with Crippen molar-refractivity contribution in [3.63, 3.8) is 0 Å². The molecule has 1 radical (unpaired) electrons. The first-order chi connectivity index (χ1) is 6.17. The Morgan fingerprint density at radius 3 is 1.93 bits per heavy atom. The van der Waals surface area contributed by atoms with Crippen LogP contribution in [-0.2, 0) is 0 Å². The van der Waals surface area contributed by atoms with Crippen LogP contribution in [0, 0.1) is 0 Å². The van der Waals surface area contributed by atoms with Crippen LogP contribution in [0.15, 0.2) is 0 Å². The molecule has 0 aliphatic heterocycles. The summed E-state index contributed by atoms with van der Waals surface area (Å²) in [5.74, 6) is 0. The number of hydrogen-bond donors (Lipinski definition) is 1. The maximum atomic E-state index is 6.06. The summed E-state index contributed by atoms with van der Waals surface area (Å²) in [5.41, 5.74) is 0.431. The Morgan fingerprint density at radius 2 is 1.64 bits per heavy atom. The quantitative estimate of drug-likeness (QED) is 0.792. The van der Waals surface area contributed by atoms with Crippen molar-refractivity contribution in [2.45, 2.75) is 52.6 Å². The summed E-state index contributed by atoms with van der Waals surface area (Å²) >= 11 is -0.721. The van der Waals surface area contributed by atoms with Crippen LogP contribution in [0.5, 0.6) is 0 Å². The van der Waals surface area contributed by atoms with Gasteiger partial charge in [0.05, 0.1) is 0 Å². The van der Waals surface area contributed by atoms with E-state index >= 15 is 0 Å². The third-order valence-electron chi connectivity index (χ3n) is 1.99. The third-order valence-corrected chi connectivity index (χ3v) is 5.87. The molecule has 4 heteroatoms. The Balaban J connectivity index is 3.87. The Bertz CT molecular complexity index is 160. The predicted octanol–water partition coefficient (Wildman–Crippen LogP) is 2.25. The van der Waals surface area contributed by atoms with Crippen LogP contribution < -0.4 is 5.32 Å². The van der Waals surface area contributed by atoms with Gasteiger partial charge in [-0.25, -0.2) is 0 Å². The van der Waals surface area contributed by atoms with E-state index in [0.717, 1.165) is 13.1 Å². The van der Waals surface area contributed by atoms with Gasteiger partial charge in [0.2, 0.25) is 0 Å². The number of hydrogen-bond acceptors (Lipinski definition) is 2. The second-order valence-corrected chi connectivity index (χ2v) is 8.37. The number of nitrogens with zero attached hydrogens (tertiary/aromatic N) is 1. The molecule has 2 nitrogen and oxygen atoms in total. The number of halogens is 1. The van der Waals surface area contributed by atoms with Crippen molar-refractivity contribution >= 4 is 26.3 Å². The van der Waals surface area contributed by atoms with E-state index in [9.17, 15) is 0 Å². The zero-order valence-electron chi connectivity index (χ0n) is 10.3. The molecule has 0 heterocycles. The maximum absolute atomic E-state index is 6.06. The van der Waals surface area contributed by atoms with Gasteiger partial charge in [-0.2, -0.15) is 0 Å². The number of rotatable bonds is 4. The summed E-state index contributed by atoms with van der Waals surface area (Å²) in [4.78, 5) is 0. The van der Waals surface area contributed by atoms with Crippen LogP contribution in [0.3, 0.4) is 0 Å². The van der Waals surface area contributed by atoms with Gasteiger partial charge in [-0.15, -0.1) is 0 Å². The topological polar surface area (TPSA) is 15.3 Å². The van der Waals surface area contributed by atoms with Gasteiger partial charge in [0.15, 0.2) is 0 Å². The fourth-order valence-electron chi connectivity index (χ4n) is 1.08. The van der Waals surface area contributed by atoms with Crippen molar-refractivity contribution in [1.29, 1.82) is 0 Å². The van der Waals surface area contributed by atoms with Crippen molar-refractivity contribution in [3.8, 4) is 0 Å². The van der Waals surface area contributed by atoms with E-state index in [2.05, 4.69) is 50.5 Å². The third kappa shape index (κ3) is 7.18. The molecular weight excluding hydrogens is 253 g/mol. The molecule has 0 saturated heterocycles. The van der Waals surface area contributed by atoms with Crippen molar-refractivity contribution in [2.75, 3.05) is 13.1 Å². The molecule has 0 spiro atoms. The van der Waals surface area contributed by atoms with Gasteiger partial charge >= 0.3 is 101 Å². The van der Waals surface area contributed by atoms with Crippen LogP contribution in [0.1, 0.15) is 41.5 Å². The zero-order chi connectivity index (χ0) is 11.4. The summed E-state index contributed by atoms with van der Waals surface area (Å²) < 4.78 is 2.41. The number of nitrogens with one attached hydrogen (secondary N) is 1. The van der Waals surface area contributed by atoms with Crippen LogP contribution in [-0.4, -0.2) is 44.4 Å². The first-order valence-corrected chi connectivity index (χ1v) is 9.39. The van der Waals surface area contributed by atoms with E-state index in [1.807, 2.05) is 0 Å².